The maximum atomic E-state index is 13.3. The van der Waals surface area contributed by atoms with Gasteiger partial charge >= 0.3 is 6.18 Å². The molecular formula is C23H25F3N6O. The van der Waals surface area contributed by atoms with E-state index in [4.69, 9.17) is 0 Å². The fraction of sp³-hybridized carbons (Fsp3) is 0.478. The summed E-state index contributed by atoms with van der Waals surface area (Å²) in [6, 6.07) is 0. The van der Waals surface area contributed by atoms with Crippen molar-refractivity contribution >= 4 is 17.5 Å². The molecule has 3 aliphatic rings. The second kappa shape index (κ2) is 8.00. The second-order valence-corrected chi connectivity index (χ2v) is 8.99. The molecule has 2 aliphatic carbocycles. The summed E-state index contributed by atoms with van der Waals surface area (Å²) in [5, 5.41) is 10.5. The number of aryl methyl sites for hydroxylation is 1. The van der Waals surface area contributed by atoms with Gasteiger partial charge in [-0.3, -0.25) is 9.48 Å². The largest absolute Gasteiger partial charge is 0.419 e. The number of alkyl halides is 3. The Morgan fingerprint density at radius 1 is 1.24 bits per heavy atom. The summed E-state index contributed by atoms with van der Waals surface area (Å²) in [7, 11) is 0. The standard InChI is InChI=1S/C23H25F3N6O/c1-12-15(5-6-16(12)17-7-8-27-21(17)33)10-32-11-19(13(2)31-32)29-22-28-9-18(23(24,25)26)20(30-22)14-3-4-14/h5-6,9,11,14,16-17H,3-4,7-8,10H2,1-2H3,(H,27,33)(H,28,29,30)/t16?,17-/m0/s1. The maximum Gasteiger partial charge on any atom is 0.419 e. The molecule has 0 spiro atoms. The van der Waals surface area contributed by atoms with Gasteiger partial charge in [-0.05, 0) is 38.7 Å². The van der Waals surface area contributed by atoms with Crippen LogP contribution in [0.3, 0.4) is 0 Å². The van der Waals surface area contributed by atoms with Crippen molar-refractivity contribution in [3.05, 3.63) is 52.6 Å². The Hall–Kier alpha value is -3.17. The van der Waals surface area contributed by atoms with E-state index < -0.39 is 11.7 Å². The van der Waals surface area contributed by atoms with Gasteiger partial charge in [0.1, 0.15) is 0 Å². The highest BCUT2D eigenvalue weighted by atomic mass is 19.4. The molecule has 2 aromatic heterocycles. The summed E-state index contributed by atoms with van der Waals surface area (Å²) in [6.07, 6.45) is 4.60. The number of aromatic nitrogens is 4. The Labute approximate surface area is 189 Å². The van der Waals surface area contributed by atoms with E-state index in [0.29, 0.717) is 30.8 Å². The van der Waals surface area contributed by atoms with E-state index >= 15 is 0 Å². The number of hydrogen-bond donors (Lipinski definition) is 2. The van der Waals surface area contributed by atoms with Gasteiger partial charge in [0.25, 0.3) is 0 Å². The highest BCUT2D eigenvalue weighted by Crippen LogP contribution is 2.45. The van der Waals surface area contributed by atoms with Gasteiger partial charge in [0, 0.05) is 36.7 Å². The Morgan fingerprint density at radius 3 is 2.70 bits per heavy atom. The lowest BCUT2D eigenvalue weighted by Gasteiger charge is -2.16. The topological polar surface area (TPSA) is 84.7 Å². The van der Waals surface area contributed by atoms with Crippen LogP contribution in [0.2, 0.25) is 0 Å². The molecule has 174 valence electrons. The van der Waals surface area contributed by atoms with Gasteiger partial charge in [-0.25, -0.2) is 9.97 Å². The van der Waals surface area contributed by atoms with Gasteiger partial charge in [-0.1, -0.05) is 17.7 Å². The third kappa shape index (κ3) is 4.26. The average molecular weight is 458 g/mol. The Kier molecular flexibility index (Phi) is 5.25. The highest BCUT2D eigenvalue weighted by Gasteiger charge is 2.40. The fourth-order valence-corrected chi connectivity index (χ4v) is 4.64. The molecule has 1 amide bonds. The molecule has 0 bridgehead atoms. The smallest absolute Gasteiger partial charge is 0.356 e. The lowest BCUT2D eigenvalue weighted by Crippen LogP contribution is -2.24. The van der Waals surface area contributed by atoms with Gasteiger partial charge < -0.3 is 10.6 Å². The quantitative estimate of drug-likeness (QED) is 0.676. The number of anilines is 2. The van der Waals surface area contributed by atoms with Crippen molar-refractivity contribution < 1.29 is 18.0 Å². The van der Waals surface area contributed by atoms with Crippen LogP contribution in [-0.4, -0.2) is 32.2 Å². The summed E-state index contributed by atoms with van der Waals surface area (Å²) in [5.41, 5.74) is 2.91. The van der Waals surface area contributed by atoms with Gasteiger partial charge in [-0.2, -0.15) is 18.3 Å². The van der Waals surface area contributed by atoms with Crippen molar-refractivity contribution in [1.29, 1.82) is 0 Å². The van der Waals surface area contributed by atoms with E-state index in [1.54, 1.807) is 10.9 Å². The summed E-state index contributed by atoms with van der Waals surface area (Å²) < 4.78 is 41.7. The molecule has 3 heterocycles. The first kappa shape index (κ1) is 21.7. The molecule has 5 rings (SSSR count). The zero-order valence-corrected chi connectivity index (χ0v) is 18.4. The van der Waals surface area contributed by atoms with Crippen molar-refractivity contribution in [2.24, 2.45) is 11.8 Å². The minimum Gasteiger partial charge on any atom is -0.356 e. The van der Waals surface area contributed by atoms with Crippen molar-refractivity contribution in [2.45, 2.75) is 51.7 Å². The molecule has 2 fully saturated rings. The normalized spacial score (nSPS) is 22.9. The fourth-order valence-electron chi connectivity index (χ4n) is 4.64. The van der Waals surface area contributed by atoms with Crippen LogP contribution >= 0.6 is 0 Å². The number of halogens is 3. The number of amides is 1. The molecule has 10 heteroatoms. The molecular weight excluding hydrogens is 433 g/mol. The lowest BCUT2D eigenvalue weighted by molar-refractivity contribution is -0.138. The highest BCUT2D eigenvalue weighted by molar-refractivity contribution is 5.82. The first-order chi connectivity index (χ1) is 15.7. The first-order valence-corrected chi connectivity index (χ1v) is 11.1. The number of rotatable bonds is 6. The van der Waals surface area contributed by atoms with Crippen molar-refractivity contribution in [3.8, 4) is 0 Å². The summed E-state index contributed by atoms with van der Waals surface area (Å²) >= 11 is 0. The zero-order chi connectivity index (χ0) is 23.3. The second-order valence-electron chi connectivity index (χ2n) is 8.99. The van der Waals surface area contributed by atoms with Gasteiger partial charge in [-0.15, -0.1) is 0 Å². The summed E-state index contributed by atoms with van der Waals surface area (Å²) in [5.74, 6) is 0.170. The Morgan fingerprint density at radius 2 is 2.03 bits per heavy atom. The predicted molar refractivity (Wildman–Crippen MR) is 116 cm³/mol. The monoisotopic (exact) mass is 458 g/mol. The van der Waals surface area contributed by atoms with Gasteiger partial charge in [0.05, 0.1) is 29.2 Å². The molecule has 0 radical (unpaired) electrons. The minimum absolute atomic E-state index is 0.0205. The minimum atomic E-state index is -4.46. The molecule has 2 atom stereocenters. The van der Waals surface area contributed by atoms with Gasteiger partial charge in [0.2, 0.25) is 11.9 Å². The molecule has 2 N–H and O–H groups in total. The van der Waals surface area contributed by atoms with E-state index in [-0.39, 0.29) is 35.3 Å². The summed E-state index contributed by atoms with van der Waals surface area (Å²) in [4.78, 5) is 20.2. The number of carbonyl (C=O) groups is 1. The van der Waals surface area contributed by atoms with E-state index in [2.05, 4.69) is 44.8 Å². The molecule has 1 aliphatic heterocycles. The molecule has 1 saturated heterocycles. The van der Waals surface area contributed by atoms with Crippen molar-refractivity contribution in [2.75, 3.05) is 11.9 Å². The van der Waals surface area contributed by atoms with E-state index in [1.165, 1.54) is 5.57 Å². The van der Waals surface area contributed by atoms with Gasteiger partial charge in [0.15, 0.2) is 0 Å². The number of carbonyl (C=O) groups excluding carboxylic acids is 1. The molecule has 33 heavy (non-hydrogen) atoms. The third-order valence-electron chi connectivity index (χ3n) is 6.65. The lowest BCUT2D eigenvalue weighted by atomic mass is 9.87. The maximum absolute atomic E-state index is 13.3. The zero-order valence-electron chi connectivity index (χ0n) is 18.4. The molecule has 7 nitrogen and oxygen atoms in total. The molecule has 1 saturated carbocycles. The van der Waals surface area contributed by atoms with Crippen molar-refractivity contribution in [1.82, 2.24) is 25.1 Å². The SMILES string of the molecule is CC1=C(Cn2cc(Nc3ncc(C(F)(F)F)c(C4CC4)n3)c(C)n2)C=CC1[C@@H]1CCNC1=O. The van der Waals surface area contributed by atoms with Crippen LogP contribution in [0.1, 0.15) is 49.1 Å². The molecule has 0 aromatic carbocycles. The number of hydrogen-bond acceptors (Lipinski definition) is 5. The first-order valence-electron chi connectivity index (χ1n) is 11.1. The average Bonchev–Trinajstić information content (AvgIpc) is 3.31. The van der Waals surface area contributed by atoms with E-state index in [9.17, 15) is 18.0 Å². The summed E-state index contributed by atoms with van der Waals surface area (Å²) in [6.45, 7) is 5.13. The number of nitrogens with zero attached hydrogens (tertiary/aromatic N) is 4. The van der Waals surface area contributed by atoms with Crippen LogP contribution in [0, 0.1) is 18.8 Å². The van der Waals surface area contributed by atoms with Crippen LogP contribution in [-0.2, 0) is 17.5 Å². The Bertz CT molecular complexity index is 1160. The van der Waals surface area contributed by atoms with Crippen LogP contribution < -0.4 is 10.6 Å². The van der Waals surface area contributed by atoms with E-state index in [1.807, 2.05) is 6.92 Å². The van der Waals surface area contributed by atoms with Crippen LogP contribution in [0.5, 0.6) is 0 Å². The predicted octanol–water partition coefficient (Wildman–Crippen LogP) is 4.26. The Balaban J connectivity index is 1.33. The molecule has 1 unspecified atom stereocenters. The number of allylic oxidation sites excluding steroid dienone is 4. The molecule has 2 aromatic rings. The van der Waals surface area contributed by atoms with Crippen LogP contribution in [0.25, 0.3) is 0 Å². The number of nitrogens with one attached hydrogen (secondary N) is 2. The van der Waals surface area contributed by atoms with Crippen molar-refractivity contribution in [3.63, 3.8) is 0 Å². The van der Waals surface area contributed by atoms with E-state index in [0.717, 1.165) is 24.7 Å². The third-order valence-corrected chi connectivity index (χ3v) is 6.65. The van der Waals surface area contributed by atoms with Crippen LogP contribution in [0.4, 0.5) is 24.8 Å². The van der Waals surface area contributed by atoms with Crippen LogP contribution in [0.15, 0.2) is 35.7 Å².